The molecule has 108 valence electrons. The lowest BCUT2D eigenvalue weighted by molar-refractivity contribution is 0.102. The molecule has 1 amide bonds. The van der Waals surface area contributed by atoms with E-state index in [-0.39, 0.29) is 15.0 Å². The number of hydrogen-bond donors (Lipinski definition) is 2. The van der Waals surface area contributed by atoms with Crippen LogP contribution in [0.4, 0.5) is 5.13 Å². The van der Waals surface area contributed by atoms with Gasteiger partial charge in [-0.25, -0.2) is 18.5 Å². The first-order valence-corrected chi connectivity index (χ1v) is 8.59. The first-order valence-electron chi connectivity index (χ1n) is 5.45. The first kappa shape index (κ1) is 15.0. The van der Waals surface area contributed by atoms with Crippen LogP contribution in [0.2, 0.25) is 0 Å². The molecular weight excluding hydrogens is 322 g/mol. The largest absolute Gasteiger partial charge is 0.297 e. The third-order valence-electron chi connectivity index (χ3n) is 2.33. The standard InChI is InChI=1S/C9H11N5O3S3/c1-3-5-6(19-14-13-5)7(15)12-9-11-4(2)8(18-9)20(10,16)17/h3H2,1-2H3,(H2,10,16,17)(H,11,12,15). The Hall–Kier alpha value is -1.43. The quantitative estimate of drug-likeness (QED) is 0.850. The van der Waals surface area contributed by atoms with E-state index < -0.39 is 15.9 Å². The summed E-state index contributed by atoms with van der Waals surface area (Å²) >= 11 is 1.79. The van der Waals surface area contributed by atoms with Crippen molar-refractivity contribution in [2.75, 3.05) is 5.32 Å². The van der Waals surface area contributed by atoms with Gasteiger partial charge in [0.1, 0.15) is 4.88 Å². The molecule has 20 heavy (non-hydrogen) atoms. The number of nitrogens with two attached hydrogens (primary N) is 1. The molecule has 11 heteroatoms. The summed E-state index contributed by atoms with van der Waals surface area (Å²) in [6.07, 6.45) is 0.582. The van der Waals surface area contributed by atoms with Crippen molar-refractivity contribution >= 4 is 43.9 Å². The first-order chi connectivity index (χ1) is 9.32. The summed E-state index contributed by atoms with van der Waals surface area (Å²) in [6, 6.07) is 0. The van der Waals surface area contributed by atoms with Crippen LogP contribution in [0.15, 0.2) is 4.21 Å². The van der Waals surface area contributed by atoms with Crippen LogP contribution in [-0.2, 0) is 16.4 Å². The van der Waals surface area contributed by atoms with Crippen LogP contribution in [0.25, 0.3) is 0 Å². The molecular formula is C9H11N5O3S3. The summed E-state index contributed by atoms with van der Waals surface area (Å²) in [6.45, 7) is 3.37. The van der Waals surface area contributed by atoms with Crippen molar-refractivity contribution in [3.63, 3.8) is 0 Å². The molecule has 2 aromatic rings. The molecule has 2 heterocycles. The maximum Gasteiger partial charge on any atom is 0.271 e. The fraction of sp³-hybridized carbons (Fsp3) is 0.333. The van der Waals surface area contributed by atoms with Gasteiger partial charge in [-0.3, -0.25) is 10.1 Å². The van der Waals surface area contributed by atoms with Crippen LogP contribution in [0.1, 0.15) is 28.0 Å². The number of nitrogens with one attached hydrogen (secondary N) is 1. The number of nitrogens with zero attached hydrogens (tertiary/aromatic N) is 3. The van der Waals surface area contributed by atoms with E-state index in [1.807, 2.05) is 6.92 Å². The maximum atomic E-state index is 12.0. The molecule has 0 unspecified atom stereocenters. The normalized spacial score (nSPS) is 11.6. The van der Waals surface area contributed by atoms with Gasteiger partial charge >= 0.3 is 0 Å². The number of thiazole rings is 1. The minimum atomic E-state index is -3.83. The fourth-order valence-corrected chi connectivity index (χ4v) is 3.97. The number of amides is 1. The summed E-state index contributed by atoms with van der Waals surface area (Å²) in [7, 11) is -3.83. The van der Waals surface area contributed by atoms with E-state index in [1.54, 1.807) is 0 Å². The lowest BCUT2D eigenvalue weighted by Crippen LogP contribution is -2.12. The van der Waals surface area contributed by atoms with Crippen molar-refractivity contribution < 1.29 is 13.2 Å². The van der Waals surface area contributed by atoms with Crippen LogP contribution < -0.4 is 10.5 Å². The molecule has 0 aliphatic rings. The van der Waals surface area contributed by atoms with Gasteiger partial charge in [0.2, 0.25) is 10.0 Å². The van der Waals surface area contributed by atoms with Crippen LogP contribution in [0.5, 0.6) is 0 Å². The number of carbonyl (C=O) groups is 1. The molecule has 0 aromatic carbocycles. The smallest absolute Gasteiger partial charge is 0.271 e. The SMILES string of the molecule is CCc1nnsc1C(=O)Nc1nc(C)c(S(N)(=O)=O)s1. The van der Waals surface area contributed by atoms with E-state index in [4.69, 9.17) is 5.14 Å². The summed E-state index contributed by atoms with van der Waals surface area (Å²) in [5.74, 6) is -0.411. The lowest BCUT2D eigenvalue weighted by Gasteiger charge is -1.99. The van der Waals surface area contributed by atoms with E-state index in [9.17, 15) is 13.2 Å². The highest BCUT2D eigenvalue weighted by atomic mass is 32.2. The van der Waals surface area contributed by atoms with Crippen LogP contribution in [-0.4, -0.2) is 28.9 Å². The average Bonchev–Trinajstić information content (AvgIpc) is 2.94. The van der Waals surface area contributed by atoms with Crippen molar-refractivity contribution in [1.82, 2.24) is 14.6 Å². The molecule has 0 aliphatic carbocycles. The third-order valence-corrected chi connectivity index (χ3v) is 5.72. The molecule has 2 aromatic heterocycles. The monoisotopic (exact) mass is 333 g/mol. The van der Waals surface area contributed by atoms with Crippen LogP contribution in [0, 0.1) is 6.92 Å². The number of sulfonamides is 1. The van der Waals surface area contributed by atoms with Gasteiger partial charge in [-0.1, -0.05) is 22.7 Å². The lowest BCUT2D eigenvalue weighted by atomic mass is 10.3. The summed E-state index contributed by atoms with van der Waals surface area (Å²) in [5, 5.41) is 11.6. The molecule has 8 nitrogen and oxygen atoms in total. The highest BCUT2D eigenvalue weighted by molar-refractivity contribution is 7.91. The number of aryl methyl sites for hydroxylation is 2. The Morgan fingerprint density at radius 3 is 2.70 bits per heavy atom. The van der Waals surface area contributed by atoms with Crippen molar-refractivity contribution in [2.45, 2.75) is 24.5 Å². The van der Waals surface area contributed by atoms with Gasteiger partial charge < -0.3 is 0 Å². The third kappa shape index (κ3) is 3.00. The minimum absolute atomic E-state index is 0.0639. The van der Waals surface area contributed by atoms with Gasteiger partial charge in [0.15, 0.2) is 9.34 Å². The number of aromatic nitrogens is 3. The number of anilines is 1. The Labute approximate surface area is 123 Å². The number of hydrogen-bond acceptors (Lipinski definition) is 8. The second-order valence-electron chi connectivity index (χ2n) is 3.79. The number of primary sulfonamides is 1. The fourth-order valence-electron chi connectivity index (χ4n) is 1.47. The van der Waals surface area contributed by atoms with Crippen LogP contribution in [0.3, 0.4) is 0 Å². The van der Waals surface area contributed by atoms with Gasteiger partial charge in [-0.05, 0) is 24.9 Å². The molecule has 0 bridgehead atoms. The highest BCUT2D eigenvalue weighted by Crippen LogP contribution is 2.26. The zero-order chi connectivity index (χ0) is 14.9. The predicted octanol–water partition coefficient (Wildman–Crippen LogP) is 0.765. The average molecular weight is 333 g/mol. The molecule has 0 radical (unpaired) electrons. The molecule has 0 fully saturated rings. The maximum absolute atomic E-state index is 12.0. The van der Waals surface area contributed by atoms with E-state index >= 15 is 0 Å². The zero-order valence-electron chi connectivity index (χ0n) is 10.6. The minimum Gasteiger partial charge on any atom is -0.297 e. The molecule has 2 rings (SSSR count). The van der Waals surface area contributed by atoms with Gasteiger partial charge in [-0.2, -0.15) is 0 Å². The molecule has 0 atom stereocenters. The second-order valence-corrected chi connectivity index (χ2v) is 7.30. The summed E-state index contributed by atoms with van der Waals surface area (Å²) in [4.78, 5) is 16.4. The topological polar surface area (TPSA) is 128 Å². The van der Waals surface area contributed by atoms with E-state index in [2.05, 4.69) is 19.9 Å². The van der Waals surface area contributed by atoms with Crippen LogP contribution >= 0.6 is 22.9 Å². The summed E-state index contributed by atoms with van der Waals surface area (Å²) < 4.78 is 26.3. The van der Waals surface area contributed by atoms with Crippen molar-refractivity contribution in [2.24, 2.45) is 5.14 Å². The summed E-state index contributed by atoms with van der Waals surface area (Å²) in [5.41, 5.74) is 0.846. The van der Waals surface area contributed by atoms with Crippen molar-refractivity contribution in [3.8, 4) is 0 Å². The van der Waals surface area contributed by atoms with Gasteiger partial charge in [0.25, 0.3) is 5.91 Å². The second kappa shape index (κ2) is 5.52. The molecule has 0 saturated carbocycles. The predicted molar refractivity (Wildman–Crippen MR) is 75.5 cm³/mol. The van der Waals surface area contributed by atoms with E-state index in [0.29, 0.717) is 17.0 Å². The van der Waals surface area contributed by atoms with Crippen molar-refractivity contribution in [1.29, 1.82) is 0 Å². The van der Waals surface area contributed by atoms with Gasteiger partial charge in [0.05, 0.1) is 11.4 Å². The van der Waals surface area contributed by atoms with Crippen molar-refractivity contribution in [3.05, 3.63) is 16.3 Å². The number of rotatable bonds is 4. The number of carbonyl (C=O) groups excluding carboxylic acids is 1. The molecule has 0 saturated heterocycles. The van der Waals surface area contributed by atoms with E-state index in [1.165, 1.54) is 6.92 Å². The van der Waals surface area contributed by atoms with Gasteiger partial charge in [-0.15, -0.1) is 5.10 Å². The Morgan fingerprint density at radius 1 is 1.45 bits per heavy atom. The van der Waals surface area contributed by atoms with Gasteiger partial charge in [0, 0.05) is 0 Å². The Kier molecular flexibility index (Phi) is 4.13. The molecule has 3 N–H and O–H groups in total. The molecule has 0 aliphatic heterocycles. The zero-order valence-corrected chi connectivity index (χ0v) is 13.0. The highest BCUT2D eigenvalue weighted by Gasteiger charge is 2.21. The van der Waals surface area contributed by atoms with E-state index in [0.717, 1.165) is 22.9 Å². The Balaban J connectivity index is 2.25. The molecule has 0 spiro atoms. The Bertz CT molecular complexity index is 749. The Morgan fingerprint density at radius 2 is 2.15 bits per heavy atom.